The highest BCUT2D eigenvalue weighted by Gasteiger charge is 2.23. The van der Waals surface area contributed by atoms with Gasteiger partial charge < -0.3 is 9.88 Å². The molecule has 1 amide bonds. The number of anilines is 1. The van der Waals surface area contributed by atoms with Crippen LogP contribution in [0.15, 0.2) is 54.7 Å². The number of carbonyl (C=O) groups is 1. The van der Waals surface area contributed by atoms with Gasteiger partial charge in [-0.15, -0.1) is 0 Å². The van der Waals surface area contributed by atoms with Gasteiger partial charge in [-0.05, 0) is 80.8 Å². The molecule has 0 radical (unpaired) electrons. The van der Waals surface area contributed by atoms with Gasteiger partial charge >= 0.3 is 0 Å². The molecule has 0 saturated heterocycles. The normalized spacial score (nSPS) is 11.1. The molecule has 0 aliphatic carbocycles. The Labute approximate surface area is 175 Å². The quantitative estimate of drug-likeness (QED) is 0.471. The SMILES string of the molecule is Cc1cc2c(CN(C(=O)c3ccnc(C)c3C)c3ccc(F)cc3C)cccc2[nH]1. The number of rotatable bonds is 4. The third-order valence-electron chi connectivity index (χ3n) is 5.60. The monoisotopic (exact) mass is 401 g/mol. The molecule has 0 fully saturated rings. The van der Waals surface area contributed by atoms with Gasteiger partial charge in [0.2, 0.25) is 0 Å². The van der Waals surface area contributed by atoms with Crippen LogP contribution >= 0.6 is 0 Å². The molecule has 0 aliphatic heterocycles. The van der Waals surface area contributed by atoms with Crippen molar-refractivity contribution in [3.8, 4) is 0 Å². The van der Waals surface area contributed by atoms with Gasteiger partial charge in [-0.1, -0.05) is 12.1 Å². The van der Waals surface area contributed by atoms with Crippen LogP contribution in [0.1, 0.15) is 38.4 Å². The van der Waals surface area contributed by atoms with Crippen LogP contribution in [0.5, 0.6) is 0 Å². The van der Waals surface area contributed by atoms with Gasteiger partial charge in [0.15, 0.2) is 0 Å². The summed E-state index contributed by atoms with van der Waals surface area (Å²) >= 11 is 0. The lowest BCUT2D eigenvalue weighted by atomic mass is 10.0. The van der Waals surface area contributed by atoms with Crippen LogP contribution in [0, 0.1) is 33.5 Å². The third kappa shape index (κ3) is 3.59. The van der Waals surface area contributed by atoms with Gasteiger partial charge in [0, 0.05) is 39.7 Å². The zero-order valence-corrected chi connectivity index (χ0v) is 17.6. The Balaban J connectivity index is 1.85. The second kappa shape index (κ2) is 7.75. The van der Waals surface area contributed by atoms with E-state index in [0.29, 0.717) is 23.4 Å². The molecule has 5 heteroatoms. The van der Waals surface area contributed by atoms with Gasteiger partial charge in [0.1, 0.15) is 5.82 Å². The molecule has 0 spiro atoms. The lowest BCUT2D eigenvalue weighted by molar-refractivity contribution is 0.0984. The van der Waals surface area contributed by atoms with Crippen LogP contribution in [-0.4, -0.2) is 15.9 Å². The lowest BCUT2D eigenvalue weighted by Crippen LogP contribution is -2.32. The first kappa shape index (κ1) is 19.8. The first-order valence-corrected chi connectivity index (χ1v) is 9.92. The number of carbonyl (C=O) groups excluding carboxylic acids is 1. The molecule has 152 valence electrons. The van der Waals surface area contributed by atoms with E-state index in [0.717, 1.165) is 33.4 Å². The Kier molecular flexibility index (Phi) is 5.12. The van der Waals surface area contributed by atoms with Crippen molar-refractivity contribution in [3.63, 3.8) is 0 Å². The molecular formula is C25H24FN3O. The number of pyridine rings is 1. The number of nitrogens with one attached hydrogen (secondary N) is 1. The summed E-state index contributed by atoms with van der Waals surface area (Å²) < 4.78 is 13.8. The number of aryl methyl sites for hydroxylation is 3. The standard InChI is InChI=1S/C25H24FN3O/c1-15-12-20(26)8-9-24(15)29(25(30)21-10-11-27-18(4)17(21)3)14-19-6-5-7-23-22(19)13-16(2)28-23/h5-13,28H,14H2,1-4H3. The number of halogens is 1. The van der Waals surface area contributed by atoms with Crippen molar-refractivity contribution in [1.29, 1.82) is 0 Å². The summed E-state index contributed by atoms with van der Waals surface area (Å²) in [6.45, 7) is 8.01. The number of benzene rings is 2. The van der Waals surface area contributed by atoms with Crippen molar-refractivity contribution in [2.75, 3.05) is 4.90 Å². The fourth-order valence-corrected chi connectivity index (χ4v) is 3.87. The minimum Gasteiger partial charge on any atom is -0.359 e. The summed E-state index contributed by atoms with van der Waals surface area (Å²) in [5.74, 6) is -0.445. The zero-order valence-electron chi connectivity index (χ0n) is 17.6. The van der Waals surface area contributed by atoms with Gasteiger partial charge in [0.05, 0.1) is 6.54 Å². The molecule has 4 nitrogen and oxygen atoms in total. The summed E-state index contributed by atoms with van der Waals surface area (Å²) in [4.78, 5) is 23.1. The number of hydrogen-bond acceptors (Lipinski definition) is 2. The fourth-order valence-electron chi connectivity index (χ4n) is 3.87. The Morgan fingerprint density at radius 3 is 2.63 bits per heavy atom. The highest BCUT2D eigenvalue weighted by atomic mass is 19.1. The fraction of sp³-hybridized carbons (Fsp3) is 0.200. The summed E-state index contributed by atoms with van der Waals surface area (Å²) in [5.41, 5.74) is 6.80. The second-order valence-corrected chi connectivity index (χ2v) is 7.72. The van der Waals surface area contributed by atoms with Crippen LogP contribution in [0.2, 0.25) is 0 Å². The first-order chi connectivity index (χ1) is 14.3. The predicted molar refractivity (Wildman–Crippen MR) is 118 cm³/mol. The molecule has 0 bridgehead atoms. The van der Waals surface area contributed by atoms with E-state index in [1.54, 1.807) is 23.2 Å². The predicted octanol–water partition coefficient (Wildman–Crippen LogP) is 5.78. The van der Waals surface area contributed by atoms with E-state index in [1.165, 1.54) is 12.1 Å². The van der Waals surface area contributed by atoms with Gasteiger partial charge in [-0.3, -0.25) is 9.78 Å². The molecule has 0 saturated carbocycles. The van der Waals surface area contributed by atoms with Crippen molar-refractivity contribution in [3.05, 3.63) is 94.2 Å². The molecule has 1 N–H and O–H groups in total. The van der Waals surface area contributed by atoms with Crippen LogP contribution in [-0.2, 0) is 6.54 Å². The number of fused-ring (bicyclic) bond motifs is 1. The maximum absolute atomic E-state index is 13.8. The van der Waals surface area contributed by atoms with Gasteiger partial charge in [-0.25, -0.2) is 4.39 Å². The average Bonchev–Trinajstić information content (AvgIpc) is 3.09. The first-order valence-electron chi connectivity index (χ1n) is 9.92. The maximum Gasteiger partial charge on any atom is 0.258 e. The van der Waals surface area contributed by atoms with Gasteiger partial charge in [0.25, 0.3) is 5.91 Å². The minimum absolute atomic E-state index is 0.128. The van der Waals surface area contributed by atoms with E-state index in [9.17, 15) is 9.18 Å². The Hall–Kier alpha value is -3.47. The Morgan fingerprint density at radius 1 is 1.07 bits per heavy atom. The summed E-state index contributed by atoms with van der Waals surface area (Å²) in [5, 5.41) is 1.08. The highest BCUT2D eigenvalue weighted by molar-refractivity contribution is 6.07. The van der Waals surface area contributed by atoms with Crippen molar-refractivity contribution in [1.82, 2.24) is 9.97 Å². The average molecular weight is 401 g/mol. The Bertz CT molecular complexity index is 1260. The van der Waals surface area contributed by atoms with Crippen LogP contribution < -0.4 is 4.90 Å². The molecule has 2 heterocycles. The van der Waals surface area contributed by atoms with E-state index >= 15 is 0 Å². The van der Waals surface area contributed by atoms with Crippen molar-refractivity contribution in [2.45, 2.75) is 34.2 Å². The van der Waals surface area contributed by atoms with Gasteiger partial charge in [-0.2, -0.15) is 0 Å². The molecule has 0 unspecified atom stereocenters. The van der Waals surface area contributed by atoms with E-state index < -0.39 is 0 Å². The highest BCUT2D eigenvalue weighted by Crippen LogP contribution is 2.28. The number of amides is 1. The molecule has 2 aromatic carbocycles. The summed E-state index contributed by atoms with van der Waals surface area (Å²) in [6.07, 6.45) is 1.65. The third-order valence-corrected chi connectivity index (χ3v) is 5.60. The van der Waals surface area contributed by atoms with Crippen LogP contribution in [0.4, 0.5) is 10.1 Å². The summed E-state index contributed by atoms with van der Waals surface area (Å²) in [6, 6.07) is 14.4. The topological polar surface area (TPSA) is 49.0 Å². The zero-order chi connectivity index (χ0) is 21.4. The van der Waals surface area contributed by atoms with Crippen molar-refractivity contribution < 1.29 is 9.18 Å². The van der Waals surface area contributed by atoms with Crippen molar-refractivity contribution >= 4 is 22.5 Å². The smallest absolute Gasteiger partial charge is 0.258 e. The number of aromatic amines is 1. The minimum atomic E-state index is -0.317. The van der Waals surface area contributed by atoms with Crippen LogP contribution in [0.25, 0.3) is 10.9 Å². The van der Waals surface area contributed by atoms with Crippen molar-refractivity contribution in [2.24, 2.45) is 0 Å². The lowest BCUT2D eigenvalue weighted by Gasteiger charge is -2.26. The van der Waals surface area contributed by atoms with Crippen LogP contribution in [0.3, 0.4) is 0 Å². The van der Waals surface area contributed by atoms with E-state index in [1.807, 2.05) is 45.9 Å². The molecule has 2 aromatic heterocycles. The molecule has 0 aliphatic rings. The number of hydrogen-bond donors (Lipinski definition) is 1. The summed E-state index contributed by atoms with van der Waals surface area (Å²) in [7, 11) is 0. The number of nitrogens with zero attached hydrogens (tertiary/aromatic N) is 2. The van der Waals surface area contributed by atoms with E-state index in [2.05, 4.69) is 16.0 Å². The molecule has 4 aromatic rings. The number of H-pyrrole nitrogens is 1. The molecule has 30 heavy (non-hydrogen) atoms. The van der Waals surface area contributed by atoms with E-state index in [-0.39, 0.29) is 11.7 Å². The molecular weight excluding hydrogens is 377 g/mol. The maximum atomic E-state index is 13.8. The van der Waals surface area contributed by atoms with E-state index in [4.69, 9.17) is 0 Å². The number of aromatic nitrogens is 2. The largest absolute Gasteiger partial charge is 0.359 e. The second-order valence-electron chi connectivity index (χ2n) is 7.72. The Morgan fingerprint density at radius 2 is 1.87 bits per heavy atom. The molecule has 0 atom stereocenters. The molecule has 4 rings (SSSR count).